The zero-order valence-corrected chi connectivity index (χ0v) is 5.22. The second kappa shape index (κ2) is 1.62. The van der Waals surface area contributed by atoms with Crippen molar-refractivity contribution in [3.63, 3.8) is 0 Å². The van der Waals surface area contributed by atoms with Crippen molar-refractivity contribution in [1.82, 2.24) is 0 Å². The molecule has 0 spiro atoms. The van der Waals surface area contributed by atoms with Crippen LogP contribution in [0, 0.1) is 5.41 Å². The standard InChI is InChI=1S/C5H9N2O2/c1-7(9)4(6)2-3-5(7)8/h6,9H,2-3H2,1H3/q+1. The van der Waals surface area contributed by atoms with Gasteiger partial charge in [0.2, 0.25) is 5.84 Å². The number of hydroxylamine groups is 3. The number of carbonyl (C=O) groups excluding carboxylic acids is 1. The molecule has 9 heavy (non-hydrogen) atoms. The third kappa shape index (κ3) is 0.760. The number of likely N-dealkylation sites (tertiary alicyclic amines) is 1. The molecule has 1 heterocycles. The molecule has 1 fully saturated rings. The molecule has 0 aromatic rings. The highest BCUT2D eigenvalue weighted by molar-refractivity contribution is 5.92. The normalized spacial score (nSPS) is 35.8. The van der Waals surface area contributed by atoms with Crippen LogP contribution < -0.4 is 0 Å². The number of hydrogen-bond donors (Lipinski definition) is 2. The molecule has 1 saturated heterocycles. The summed E-state index contributed by atoms with van der Waals surface area (Å²) in [6, 6.07) is 0. The Morgan fingerprint density at radius 3 is 2.33 bits per heavy atom. The zero-order chi connectivity index (χ0) is 7.07. The second-order valence-electron chi connectivity index (χ2n) is 2.30. The van der Waals surface area contributed by atoms with E-state index in [0.29, 0.717) is 12.8 Å². The monoisotopic (exact) mass is 129 g/mol. The fourth-order valence-electron chi connectivity index (χ4n) is 0.811. The Hall–Kier alpha value is -0.740. The van der Waals surface area contributed by atoms with Gasteiger partial charge in [-0.1, -0.05) is 4.65 Å². The number of amides is 1. The van der Waals surface area contributed by atoms with Gasteiger partial charge in [-0.2, -0.15) is 0 Å². The van der Waals surface area contributed by atoms with Crippen molar-refractivity contribution in [3.05, 3.63) is 0 Å². The molecule has 1 amide bonds. The van der Waals surface area contributed by atoms with Crippen LogP contribution in [-0.2, 0) is 4.79 Å². The minimum atomic E-state index is -0.833. The highest BCUT2D eigenvalue weighted by Crippen LogP contribution is 2.16. The van der Waals surface area contributed by atoms with Crippen molar-refractivity contribution in [3.8, 4) is 0 Å². The number of nitrogens with one attached hydrogen (secondary N) is 1. The number of quaternary nitrogens is 1. The molecule has 0 aromatic carbocycles. The van der Waals surface area contributed by atoms with E-state index in [-0.39, 0.29) is 11.7 Å². The van der Waals surface area contributed by atoms with E-state index in [0.717, 1.165) is 0 Å². The molecule has 1 rings (SSSR count). The zero-order valence-electron chi connectivity index (χ0n) is 5.22. The average Bonchev–Trinajstić information content (AvgIpc) is 1.96. The maximum atomic E-state index is 10.7. The number of amidine groups is 1. The first kappa shape index (κ1) is 6.38. The van der Waals surface area contributed by atoms with Crippen LogP contribution in [0.15, 0.2) is 0 Å². The molecule has 1 aliphatic rings. The lowest BCUT2D eigenvalue weighted by atomic mass is 10.4. The summed E-state index contributed by atoms with van der Waals surface area (Å²) in [5, 5.41) is 16.2. The molecule has 0 aromatic heterocycles. The fourth-order valence-corrected chi connectivity index (χ4v) is 0.811. The van der Waals surface area contributed by atoms with Crippen molar-refractivity contribution < 1.29 is 14.6 Å². The van der Waals surface area contributed by atoms with Gasteiger partial charge in [-0.15, -0.1) is 0 Å². The van der Waals surface area contributed by atoms with Crippen LogP contribution in [0.3, 0.4) is 0 Å². The molecule has 0 radical (unpaired) electrons. The largest absolute Gasteiger partial charge is 0.352 e. The minimum absolute atomic E-state index is 0.0833. The second-order valence-corrected chi connectivity index (χ2v) is 2.30. The maximum absolute atomic E-state index is 10.7. The Morgan fingerprint density at radius 2 is 2.22 bits per heavy atom. The van der Waals surface area contributed by atoms with Crippen LogP contribution in [0.4, 0.5) is 0 Å². The van der Waals surface area contributed by atoms with E-state index in [2.05, 4.69) is 0 Å². The number of hydrogen-bond acceptors (Lipinski definition) is 3. The number of rotatable bonds is 0. The Bertz CT molecular complexity index is 156. The Morgan fingerprint density at radius 1 is 1.67 bits per heavy atom. The van der Waals surface area contributed by atoms with Gasteiger partial charge in [-0.25, -0.2) is 10.0 Å². The Labute approximate surface area is 52.8 Å². The van der Waals surface area contributed by atoms with E-state index in [9.17, 15) is 4.79 Å². The molecule has 50 valence electrons. The Kier molecular flexibility index (Phi) is 1.15. The van der Waals surface area contributed by atoms with Crippen molar-refractivity contribution in [2.75, 3.05) is 7.05 Å². The van der Waals surface area contributed by atoms with Crippen molar-refractivity contribution in [2.45, 2.75) is 12.8 Å². The first-order valence-electron chi connectivity index (χ1n) is 2.76. The predicted molar refractivity (Wildman–Crippen MR) is 29.9 cm³/mol. The van der Waals surface area contributed by atoms with Gasteiger partial charge < -0.3 is 0 Å². The molecular weight excluding hydrogens is 120 g/mol. The molecule has 0 saturated carbocycles. The summed E-state index contributed by atoms with van der Waals surface area (Å²) in [5.41, 5.74) is 0. The Balaban J connectivity index is 2.91. The molecule has 0 bridgehead atoms. The molecule has 4 heteroatoms. The van der Waals surface area contributed by atoms with Crippen molar-refractivity contribution in [1.29, 1.82) is 5.41 Å². The van der Waals surface area contributed by atoms with Crippen LogP contribution >= 0.6 is 0 Å². The van der Waals surface area contributed by atoms with Crippen LogP contribution in [0.25, 0.3) is 0 Å². The summed E-state index contributed by atoms with van der Waals surface area (Å²) < 4.78 is -0.833. The summed E-state index contributed by atoms with van der Waals surface area (Å²) >= 11 is 0. The fraction of sp³-hybridized carbons (Fsp3) is 0.600. The summed E-state index contributed by atoms with van der Waals surface area (Å²) in [5.74, 6) is -0.208. The van der Waals surface area contributed by atoms with Crippen molar-refractivity contribution >= 4 is 11.7 Å². The molecule has 4 nitrogen and oxygen atoms in total. The number of nitrogens with zero attached hydrogens (tertiary/aromatic N) is 1. The molecule has 2 N–H and O–H groups in total. The van der Waals surface area contributed by atoms with E-state index in [1.54, 1.807) is 0 Å². The third-order valence-corrected chi connectivity index (χ3v) is 1.59. The molecule has 1 unspecified atom stereocenters. The maximum Gasteiger partial charge on any atom is 0.352 e. The highest BCUT2D eigenvalue weighted by atomic mass is 16.6. The van der Waals surface area contributed by atoms with Crippen molar-refractivity contribution in [2.24, 2.45) is 0 Å². The molecule has 0 aliphatic carbocycles. The third-order valence-electron chi connectivity index (χ3n) is 1.59. The first-order chi connectivity index (χ1) is 4.05. The highest BCUT2D eigenvalue weighted by Gasteiger charge is 2.42. The van der Waals surface area contributed by atoms with Gasteiger partial charge in [0.15, 0.2) is 0 Å². The lowest BCUT2D eigenvalue weighted by Crippen LogP contribution is -2.44. The summed E-state index contributed by atoms with van der Waals surface area (Å²) in [6.07, 6.45) is 0.692. The smallest absolute Gasteiger partial charge is 0.252 e. The lowest BCUT2D eigenvalue weighted by Gasteiger charge is -2.13. The number of carbonyl (C=O) groups is 1. The van der Waals surface area contributed by atoms with Crippen LogP contribution in [0.2, 0.25) is 0 Å². The van der Waals surface area contributed by atoms with E-state index >= 15 is 0 Å². The SMILES string of the molecule is C[N+]1(O)C(=N)CCC1=O. The molecule has 1 aliphatic heterocycles. The van der Waals surface area contributed by atoms with Gasteiger partial charge in [0.05, 0.1) is 12.8 Å². The van der Waals surface area contributed by atoms with Gasteiger partial charge in [-0.3, -0.25) is 5.41 Å². The van der Waals surface area contributed by atoms with Gasteiger partial charge in [-0.05, 0) is 0 Å². The molecule has 1 atom stereocenters. The average molecular weight is 129 g/mol. The van der Waals surface area contributed by atoms with E-state index in [1.807, 2.05) is 0 Å². The molecular formula is C5H9N2O2+. The van der Waals surface area contributed by atoms with E-state index in [1.165, 1.54) is 7.05 Å². The van der Waals surface area contributed by atoms with Crippen LogP contribution in [0.5, 0.6) is 0 Å². The topological polar surface area (TPSA) is 61.1 Å². The summed E-state index contributed by atoms with van der Waals surface area (Å²) in [4.78, 5) is 10.7. The van der Waals surface area contributed by atoms with Gasteiger partial charge >= 0.3 is 5.91 Å². The quantitative estimate of drug-likeness (QED) is 0.360. The van der Waals surface area contributed by atoms with Gasteiger partial charge in [0.25, 0.3) is 0 Å². The van der Waals surface area contributed by atoms with Crippen LogP contribution in [-0.4, -0.2) is 28.6 Å². The lowest BCUT2D eigenvalue weighted by molar-refractivity contribution is -0.946. The van der Waals surface area contributed by atoms with Crippen LogP contribution in [0.1, 0.15) is 12.8 Å². The first-order valence-corrected chi connectivity index (χ1v) is 2.76. The summed E-state index contributed by atoms with van der Waals surface area (Å²) in [7, 11) is 1.32. The minimum Gasteiger partial charge on any atom is -0.252 e. The summed E-state index contributed by atoms with van der Waals surface area (Å²) in [6.45, 7) is 0. The van der Waals surface area contributed by atoms with E-state index in [4.69, 9.17) is 10.6 Å². The van der Waals surface area contributed by atoms with E-state index < -0.39 is 4.65 Å². The predicted octanol–water partition coefficient (Wildman–Crippen LogP) is 0.120. The van der Waals surface area contributed by atoms with Gasteiger partial charge in [0.1, 0.15) is 7.05 Å². The van der Waals surface area contributed by atoms with Gasteiger partial charge in [0, 0.05) is 0 Å².